The van der Waals surface area contributed by atoms with E-state index in [1.165, 1.54) is 6.07 Å². The summed E-state index contributed by atoms with van der Waals surface area (Å²) in [7, 11) is -2.61. The number of hydrogen-bond acceptors (Lipinski definition) is 5. The molecule has 2 N–H and O–H groups in total. The van der Waals surface area contributed by atoms with Crippen LogP contribution >= 0.6 is 23.2 Å². The minimum absolute atomic E-state index is 0.140. The summed E-state index contributed by atoms with van der Waals surface area (Å²) in [6, 6.07) is 22.2. The number of rotatable bonds is 9. The second-order valence-corrected chi connectivity index (χ2v) is 12.9. The molecule has 0 fully saturated rings. The van der Waals surface area contributed by atoms with E-state index in [4.69, 9.17) is 38.7 Å². The molecule has 0 radical (unpaired) electrons. The van der Waals surface area contributed by atoms with E-state index < -0.39 is 21.5 Å². The van der Waals surface area contributed by atoms with Crippen molar-refractivity contribution in [1.29, 1.82) is 0 Å². The smallest absolute Gasteiger partial charge is 0.250 e. The average molecular weight is 636 g/mol. The predicted molar refractivity (Wildman–Crippen MR) is 172 cm³/mol. The SMILES string of the molecule is CCn1c2ccccc2c2cc(-c3nc4c(S(=O)(=O)Cc5c(Cl)cccc5Cl)c(C(N)=O)ccc4n3CCOC)ccc21. The van der Waals surface area contributed by atoms with Crippen LogP contribution in [0.3, 0.4) is 0 Å². The number of aryl methyl sites for hydroxylation is 1. The first-order chi connectivity index (χ1) is 20.7. The molecule has 4 aromatic carbocycles. The summed E-state index contributed by atoms with van der Waals surface area (Å²) in [6.45, 7) is 3.66. The molecule has 0 bridgehead atoms. The molecule has 0 aliphatic rings. The second kappa shape index (κ2) is 11.3. The van der Waals surface area contributed by atoms with Gasteiger partial charge in [0, 0.05) is 63.2 Å². The Morgan fingerprint density at radius 3 is 2.30 bits per heavy atom. The van der Waals surface area contributed by atoms with Gasteiger partial charge in [0.1, 0.15) is 16.2 Å². The highest BCUT2D eigenvalue weighted by molar-refractivity contribution is 7.91. The maximum absolute atomic E-state index is 14.1. The van der Waals surface area contributed by atoms with Crippen molar-refractivity contribution in [3.8, 4) is 11.4 Å². The number of nitrogens with two attached hydrogens (primary N) is 1. The number of sulfone groups is 1. The van der Waals surface area contributed by atoms with E-state index in [2.05, 4.69) is 35.8 Å². The third-order valence-corrected chi connectivity index (χ3v) is 10.1. The second-order valence-electron chi connectivity index (χ2n) is 10.2. The van der Waals surface area contributed by atoms with Crippen molar-refractivity contribution in [2.45, 2.75) is 30.7 Å². The number of carbonyl (C=O) groups is 1. The van der Waals surface area contributed by atoms with Crippen molar-refractivity contribution >= 4 is 71.8 Å². The van der Waals surface area contributed by atoms with Gasteiger partial charge < -0.3 is 19.6 Å². The number of imidazole rings is 1. The van der Waals surface area contributed by atoms with Crippen LogP contribution < -0.4 is 5.73 Å². The van der Waals surface area contributed by atoms with Gasteiger partial charge in [-0.3, -0.25) is 4.79 Å². The number of hydrogen-bond donors (Lipinski definition) is 1. The molecule has 8 nitrogen and oxygen atoms in total. The fourth-order valence-corrected chi connectivity index (χ4v) is 8.24. The fourth-order valence-electron chi connectivity index (χ4n) is 5.77. The van der Waals surface area contributed by atoms with Gasteiger partial charge in [-0.15, -0.1) is 0 Å². The van der Waals surface area contributed by atoms with Crippen LogP contribution in [0.15, 0.2) is 77.7 Å². The molecule has 43 heavy (non-hydrogen) atoms. The van der Waals surface area contributed by atoms with Gasteiger partial charge in [-0.05, 0) is 55.5 Å². The van der Waals surface area contributed by atoms with Gasteiger partial charge in [-0.1, -0.05) is 47.5 Å². The number of ether oxygens (including phenoxy) is 1. The van der Waals surface area contributed by atoms with E-state index in [1.54, 1.807) is 31.4 Å². The van der Waals surface area contributed by atoms with Gasteiger partial charge in [0.25, 0.3) is 0 Å². The number of halogens is 2. The molecular weight excluding hydrogens is 607 g/mol. The zero-order valence-electron chi connectivity index (χ0n) is 23.5. The summed E-state index contributed by atoms with van der Waals surface area (Å²) in [5, 5.41) is 2.57. The van der Waals surface area contributed by atoms with E-state index in [-0.39, 0.29) is 31.6 Å². The molecule has 0 aliphatic carbocycles. The van der Waals surface area contributed by atoms with Crippen molar-refractivity contribution in [3.63, 3.8) is 0 Å². The average Bonchev–Trinajstić information content (AvgIpc) is 3.52. The van der Waals surface area contributed by atoms with Crippen molar-refractivity contribution < 1.29 is 17.9 Å². The Morgan fingerprint density at radius 2 is 1.60 bits per heavy atom. The Balaban J connectivity index is 1.62. The minimum Gasteiger partial charge on any atom is -0.383 e. The molecule has 6 rings (SSSR count). The summed E-state index contributed by atoms with van der Waals surface area (Å²) in [4.78, 5) is 17.2. The van der Waals surface area contributed by atoms with Crippen molar-refractivity contribution in [3.05, 3.63) is 94.0 Å². The van der Waals surface area contributed by atoms with E-state index in [0.29, 0.717) is 24.5 Å². The number of primary amides is 1. The van der Waals surface area contributed by atoms with Crippen LogP contribution in [0.2, 0.25) is 10.0 Å². The first kappa shape index (κ1) is 29.2. The zero-order chi connectivity index (χ0) is 30.5. The van der Waals surface area contributed by atoms with Crippen LogP contribution in [0.5, 0.6) is 0 Å². The number of fused-ring (bicyclic) bond motifs is 4. The highest BCUT2D eigenvalue weighted by Gasteiger charge is 2.30. The molecule has 0 aliphatic heterocycles. The molecule has 0 unspecified atom stereocenters. The maximum atomic E-state index is 14.1. The number of carbonyl (C=O) groups excluding carboxylic acids is 1. The molecule has 6 aromatic rings. The molecule has 0 saturated carbocycles. The van der Waals surface area contributed by atoms with E-state index in [1.807, 2.05) is 22.8 Å². The summed E-state index contributed by atoms with van der Waals surface area (Å²) in [6.07, 6.45) is 0. The van der Waals surface area contributed by atoms with Crippen LogP contribution in [0.1, 0.15) is 22.8 Å². The van der Waals surface area contributed by atoms with Crippen molar-refractivity contribution in [2.75, 3.05) is 13.7 Å². The third-order valence-electron chi connectivity index (χ3n) is 7.71. The molecule has 0 spiro atoms. The number of benzene rings is 4. The lowest BCUT2D eigenvalue weighted by atomic mass is 10.1. The lowest BCUT2D eigenvalue weighted by Crippen LogP contribution is -2.18. The normalized spacial score (nSPS) is 12.1. The molecule has 2 aromatic heterocycles. The molecule has 2 heterocycles. The molecule has 0 saturated heterocycles. The topological polar surface area (TPSA) is 109 Å². The minimum atomic E-state index is -4.21. The first-order valence-electron chi connectivity index (χ1n) is 13.6. The molecule has 0 atom stereocenters. The molecule has 1 amide bonds. The van der Waals surface area contributed by atoms with Crippen molar-refractivity contribution in [2.24, 2.45) is 5.73 Å². The summed E-state index contributed by atoms with van der Waals surface area (Å²) >= 11 is 12.7. The van der Waals surface area contributed by atoms with Crippen molar-refractivity contribution in [1.82, 2.24) is 14.1 Å². The summed E-state index contributed by atoms with van der Waals surface area (Å²) < 4.78 is 37.7. The molecular formula is C32H28Cl2N4O4S. The number of nitrogens with zero attached hydrogens (tertiary/aromatic N) is 3. The fraction of sp³-hybridized carbons (Fsp3) is 0.188. The van der Waals surface area contributed by atoms with E-state index in [0.717, 1.165) is 33.9 Å². The number of aromatic nitrogens is 3. The van der Waals surface area contributed by atoms with E-state index in [9.17, 15) is 13.2 Å². The first-order valence-corrected chi connectivity index (χ1v) is 16.1. The Kier molecular flexibility index (Phi) is 7.68. The number of para-hydroxylation sites is 1. The Labute approximate surface area is 258 Å². The Bertz CT molecular complexity index is 2150. The van der Waals surface area contributed by atoms with Gasteiger partial charge in [-0.25, -0.2) is 13.4 Å². The Morgan fingerprint density at radius 1 is 0.907 bits per heavy atom. The van der Waals surface area contributed by atoms with Crippen LogP contribution in [0, 0.1) is 0 Å². The van der Waals surface area contributed by atoms with Gasteiger partial charge in [0.15, 0.2) is 9.84 Å². The summed E-state index contributed by atoms with van der Waals surface area (Å²) in [5.74, 6) is -0.878. The quantitative estimate of drug-likeness (QED) is 0.187. The maximum Gasteiger partial charge on any atom is 0.250 e. The highest BCUT2D eigenvalue weighted by Crippen LogP contribution is 2.37. The highest BCUT2D eigenvalue weighted by atomic mass is 35.5. The van der Waals surface area contributed by atoms with Crippen LogP contribution in [-0.2, 0) is 33.4 Å². The van der Waals surface area contributed by atoms with Crippen LogP contribution in [0.4, 0.5) is 0 Å². The lowest BCUT2D eigenvalue weighted by Gasteiger charge is -2.12. The van der Waals surface area contributed by atoms with Crippen LogP contribution in [0.25, 0.3) is 44.2 Å². The molecule has 220 valence electrons. The zero-order valence-corrected chi connectivity index (χ0v) is 25.8. The standard InChI is InChI=1S/C32H28Cl2N4O4S/c1-3-37-26-10-5-4-7-20(26)22-17-19(11-13-27(22)37)32-36-29-28(38(32)15-16-42-2)14-12-21(31(35)39)30(29)43(40,41)18-23-24(33)8-6-9-25(23)34/h4-14,17H,3,15-16,18H2,1-2H3,(H2,35,39). The number of amides is 1. The van der Waals surface area contributed by atoms with Gasteiger partial charge >= 0.3 is 0 Å². The van der Waals surface area contributed by atoms with Gasteiger partial charge in [0.2, 0.25) is 5.91 Å². The largest absolute Gasteiger partial charge is 0.383 e. The van der Waals surface area contributed by atoms with Gasteiger partial charge in [0.05, 0.1) is 23.4 Å². The van der Waals surface area contributed by atoms with Gasteiger partial charge in [-0.2, -0.15) is 0 Å². The third kappa shape index (κ3) is 4.96. The number of methoxy groups -OCH3 is 1. The predicted octanol–water partition coefficient (Wildman–Crippen LogP) is 6.86. The Hall–Kier alpha value is -3.89. The lowest BCUT2D eigenvalue weighted by molar-refractivity contribution is 0.0997. The van der Waals surface area contributed by atoms with Crippen LogP contribution in [-0.4, -0.2) is 42.2 Å². The monoisotopic (exact) mass is 634 g/mol. The summed E-state index contributed by atoms with van der Waals surface area (Å²) in [5.41, 5.74) is 9.46. The van der Waals surface area contributed by atoms with E-state index >= 15 is 0 Å². The molecule has 11 heteroatoms.